The van der Waals surface area contributed by atoms with Gasteiger partial charge in [0.2, 0.25) is 0 Å². The van der Waals surface area contributed by atoms with Crippen LogP contribution in [0.2, 0.25) is 5.02 Å². The molecule has 4 aliphatic carbocycles. The van der Waals surface area contributed by atoms with Gasteiger partial charge < -0.3 is 14.8 Å². The van der Waals surface area contributed by atoms with Gasteiger partial charge in [-0.2, -0.15) is 0 Å². The smallest absolute Gasteiger partial charge is 0.161 e. The van der Waals surface area contributed by atoms with Crippen molar-refractivity contribution in [2.75, 3.05) is 7.11 Å². The third kappa shape index (κ3) is 4.24. The Kier molecular flexibility index (Phi) is 6.11. The van der Waals surface area contributed by atoms with Crippen molar-refractivity contribution in [3.05, 3.63) is 58.4 Å². The lowest BCUT2D eigenvalue weighted by Crippen LogP contribution is -2.54. The molecule has 1 unspecified atom stereocenters. The van der Waals surface area contributed by atoms with Gasteiger partial charge in [-0.3, -0.25) is 0 Å². The van der Waals surface area contributed by atoms with E-state index in [0.29, 0.717) is 33.5 Å². The number of methoxy groups -OCH3 is 1. The normalized spacial score (nSPS) is 29.2. The Morgan fingerprint density at radius 3 is 2.38 bits per heavy atom. The molecule has 172 valence electrons. The summed E-state index contributed by atoms with van der Waals surface area (Å²) in [7, 11) is 1.63. The summed E-state index contributed by atoms with van der Waals surface area (Å²) >= 11 is 6.12. The number of nitrogens with one attached hydrogen (secondary N) is 1. The quantitative estimate of drug-likeness (QED) is 0.475. The van der Waals surface area contributed by atoms with Crippen molar-refractivity contribution in [1.29, 1.82) is 0 Å². The topological polar surface area (TPSA) is 30.5 Å². The minimum absolute atomic E-state index is 0.0581. The van der Waals surface area contributed by atoms with Crippen LogP contribution in [0, 0.1) is 29.0 Å². The first-order valence-electron chi connectivity index (χ1n) is 11.9. The largest absolute Gasteiger partial charge is 0.493 e. The Labute approximate surface area is 195 Å². The average molecular weight is 458 g/mol. The van der Waals surface area contributed by atoms with Crippen LogP contribution in [0.5, 0.6) is 11.5 Å². The number of rotatable bonds is 8. The van der Waals surface area contributed by atoms with Gasteiger partial charge in [0, 0.05) is 18.2 Å². The van der Waals surface area contributed by atoms with Gasteiger partial charge in [-0.15, -0.1) is 0 Å². The Balaban J connectivity index is 1.22. The first kappa shape index (κ1) is 22.0. The van der Waals surface area contributed by atoms with Crippen LogP contribution in [0.1, 0.15) is 56.6 Å². The van der Waals surface area contributed by atoms with Crippen LogP contribution < -0.4 is 14.8 Å². The van der Waals surface area contributed by atoms with E-state index in [2.05, 4.69) is 18.3 Å². The van der Waals surface area contributed by atoms with Gasteiger partial charge in [0.1, 0.15) is 12.4 Å². The lowest BCUT2D eigenvalue weighted by Gasteiger charge is -2.59. The highest BCUT2D eigenvalue weighted by Gasteiger charge is 2.52. The second kappa shape index (κ2) is 8.87. The van der Waals surface area contributed by atoms with Crippen molar-refractivity contribution in [2.45, 2.75) is 64.6 Å². The van der Waals surface area contributed by atoms with Gasteiger partial charge in [0.05, 0.1) is 12.1 Å². The highest BCUT2D eigenvalue weighted by molar-refractivity contribution is 6.31. The van der Waals surface area contributed by atoms with Gasteiger partial charge in [0.15, 0.2) is 11.5 Å². The highest BCUT2D eigenvalue weighted by atomic mass is 35.5. The number of hydrogen-bond donors (Lipinski definition) is 1. The van der Waals surface area contributed by atoms with Crippen LogP contribution in [0.4, 0.5) is 4.39 Å². The number of benzene rings is 2. The van der Waals surface area contributed by atoms with E-state index in [4.69, 9.17) is 21.1 Å². The lowest BCUT2D eigenvalue weighted by atomic mass is 9.48. The summed E-state index contributed by atoms with van der Waals surface area (Å²) in [4.78, 5) is 0. The first-order chi connectivity index (χ1) is 15.5. The Morgan fingerprint density at radius 2 is 1.75 bits per heavy atom. The second-order valence-corrected chi connectivity index (χ2v) is 10.8. The molecular formula is C27H33ClFNO2. The van der Waals surface area contributed by atoms with E-state index in [1.165, 1.54) is 44.6 Å². The van der Waals surface area contributed by atoms with E-state index >= 15 is 0 Å². The zero-order valence-corrected chi connectivity index (χ0v) is 19.8. The minimum Gasteiger partial charge on any atom is -0.493 e. The summed E-state index contributed by atoms with van der Waals surface area (Å²) in [6.07, 6.45) is 8.64. The molecule has 0 aliphatic heterocycles. The van der Waals surface area contributed by atoms with Crippen molar-refractivity contribution in [2.24, 2.45) is 23.2 Å². The fourth-order valence-corrected chi connectivity index (χ4v) is 7.17. The van der Waals surface area contributed by atoms with Crippen LogP contribution in [0.15, 0.2) is 36.4 Å². The maximum atomic E-state index is 14.0. The molecule has 0 radical (unpaired) electrons. The van der Waals surface area contributed by atoms with Crippen LogP contribution in [-0.4, -0.2) is 13.2 Å². The van der Waals surface area contributed by atoms with Crippen LogP contribution in [0.25, 0.3) is 0 Å². The van der Waals surface area contributed by atoms with E-state index in [1.807, 2.05) is 12.1 Å². The SMILES string of the molecule is COc1cc(CNC(C)C23CC4CC(CC(C4)C2)C3)ccc1OCc1c(F)cccc1Cl. The molecule has 4 bridgehead atoms. The molecule has 4 fully saturated rings. The summed E-state index contributed by atoms with van der Waals surface area (Å²) in [5, 5.41) is 4.20. The number of ether oxygens (including phenoxy) is 2. The molecule has 32 heavy (non-hydrogen) atoms. The van der Waals surface area contributed by atoms with E-state index < -0.39 is 0 Å². The molecule has 0 saturated heterocycles. The molecule has 1 N–H and O–H groups in total. The zero-order valence-electron chi connectivity index (χ0n) is 19.0. The Morgan fingerprint density at radius 1 is 1.06 bits per heavy atom. The lowest BCUT2D eigenvalue weighted by molar-refractivity contribution is -0.0706. The Hall–Kier alpha value is -1.78. The molecule has 0 heterocycles. The third-order valence-electron chi connectivity index (χ3n) is 8.28. The van der Waals surface area contributed by atoms with Gasteiger partial charge >= 0.3 is 0 Å². The van der Waals surface area contributed by atoms with E-state index in [1.54, 1.807) is 19.2 Å². The molecule has 4 aliphatic rings. The monoisotopic (exact) mass is 457 g/mol. The van der Waals surface area contributed by atoms with Gasteiger partial charge in [0.25, 0.3) is 0 Å². The molecule has 4 saturated carbocycles. The maximum absolute atomic E-state index is 14.0. The fraction of sp³-hybridized carbons (Fsp3) is 0.556. The van der Waals surface area contributed by atoms with Crippen LogP contribution in [-0.2, 0) is 13.2 Å². The number of hydrogen-bond acceptors (Lipinski definition) is 3. The van der Waals surface area contributed by atoms with Crippen molar-refractivity contribution in [3.63, 3.8) is 0 Å². The summed E-state index contributed by atoms with van der Waals surface area (Å²) < 4.78 is 25.5. The molecule has 0 aromatic heterocycles. The second-order valence-electron chi connectivity index (χ2n) is 10.4. The molecule has 2 aromatic rings. The molecule has 5 heteroatoms. The predicted octanol–water partition coefficient (Wildman–Crippen LogP) is 6.76. The summed E-state index contributed by atoms with van der Waals surface area (Å²) in [5.41, 5.74) is 2.00. The standard InChI is InChI=1S/C27H33ClFNO2/c1-17(27-12-19-8-20(13-27)10-21(9-19)14-27)30-15-18-6-7-25(26(11-18)31-2)32-16-22-23(28)4-3-5-24(22)29/h3-7,11,17,19-21,30H,8-10,12-16H2,1-2H3. The molecule has 1 atom stereocenters. The number of halogens is 2. The van der Waals surface area contributed by atoms with Crippen LogP contribution >= 0.6 is 11.6 Å². The minimum atomic E-state index is -0.365. The van der Waals surface area contributed by atoms with Crippen molar-refractivity contribution in [1.82, 2.24) is 5.32 Å². The summed E-state index contributed by atoms with van der Waals surface area (Å²) in [6, 6.07) is 11.1. The van der Waals surface area contributed by atoms with E-state index in [0.717, 1.165) is 29.9 Å². The molecule has 0 spiro atoms. The maximum Gasteiger partial charge on any atom is 0.161 e. The summed E-state index contributed by atoms with van der Waals surface area (Å²) in [6.45, 7) is 3.25. The fourth-order valence-electron chi connectivity index (χ4n) is 6.96. The average Bonchev–Trinajstić information content (AvgIpc) is 2.76. The molecule has 3 nitrogen and oxygen atoms in total. The predicted molar refractivity (Wildman–Crippen MR) is 126 cm³/mol. The zero-order chi connectivity index (χ0) is 22.3. The van der Waals surface area contributed by atoms with Gasteiger partial charge in [-0.1, -0.05) is 23.7 Å². The van der Waals surface area contributed by atoms with E-state index in [-0.39, 0.29) is 12.4 Å². The molecule has 6 rings (SSSR count). The molecule has 0 amide bonds. The van der Waals surface area contributed by atoms with Gasteiger partial charge in [-0.05, 0) is 98.4 Å². The van der Waals surface area contributed by atoms with Crippen molar-refractivity contribution < 1.29 is 13.9 Å². The van der Waals surface area contributed by atoms with Crippen LogP contribution in [0.3, 0.4) is 0 Å². The highest BCUT2D eigenvalue weighted by Crippen LogP contribution is 2.61. The first-order valence-corrected chi connectivity index (χ1v) is 12.3. The van der Waals surface area contributed by atoms with E-state index in [9.17, 15) is 4.39 Å². The van der Waals surface area contributed by atoms with Gasteiger partial charge in [-0.25, -0.2) is 4.39 Å². The molecule has 2 aromatic carbocycles. The van der Waals surface area contributed by atoms with Crippen molar-refractivity contribution >= 4 is 11.6 Å². The third-order valence-corrected chi connectivity index (χ3v) is 8.63. The molecular weight excluding hydrogens is 425 g/mol. The van der Waals surface area contributed by atoms with Crippen molar-refractivity contribution in [3.8, 4) is 11.5 Å². The summed E-state index contributed by atoms with van der Waals surface area (Å²) in [5.74, 6) is 3.76. The Bertz CT molecular complexity index is 923.